The quantitative estimate of drug-likeness (QED) is 0.840. The average molecular weight is 334 g/mol. The summed E-state index contributed by atoms with van der Waals surface area (Å²) in [5.74, 6) is -1.33. The molecule has 2 N–H and O–H groups in total. The molecule has 4 nitrogen and oxygen atoms in total. The Morgan fingerprint density at radius 1 is 1.50 bits per heavy atom. The molecule has 1 rings (SSSR count). The van der Waals surface area contributed by atoms with Crippen LogP contribution in [0.25, 0.3) is 0 Å². The van der Waals surface area contributed by atoms with E-state index in [4.69, 9.17) is 5.11 Å². The molecule has 1 unspecified atom stereocenters. The van der Waals surface area contributed by atoms with E-state index in [9.17, 15) is 9.59 Å². The molecule has 0 aliphatic carbocycles. The van der Waals surface area contributed by atoms with Crippen molar-refractivity contribution in [2.75, 3.05) is 6.54 Å². The van der Waals surface area contributed by atoms with Gasteiger partial charge in [-0.2, -0.15) is 0 Å². The molecule has 1 aromatic rings. The second-order valence-electron chi connectivity index (χ2n) is 4.50. The van der Waals surface area contributed by atoms with Crippen molar-refractivity contribution in [1.29, 1.82) is 0 Å². The number of amides is 1. The lowest BCUT2D eigenvalue weighted by Crippen LogP contribution is -2.33. The van der Waals surface area contributed by atoms with E-state index in [0.717, 1.165) is 4.47 Å². The Morgan fingerprint density at radius 2 is 2.17 bits per heavy atom. The van der Waals surface area contributed by atoms with Gasteiger partial charge in [0, 0.05) is 16.4 Å². The molecule has 0 saturated carbocycles. The smallest absolute Gasteiger partial charge is 0.308 e. The van der Waals surface area contributed by atoms with Crippen LogP contribution in [-0.4, -0.2) is 23.5 Å². The Kier molecular flexibility index (Phi) is 5.81. The molecule has 0 fully saturated rings. The first-order valence-electron chi connectivity index (χ1n) is 5.65. The summed E-state index contributed by atoms with van der Waals surface area (Å²) in [5, 5.41) is 13.5. The van der Waals surface area contributed by atoms with Crippen molar-refractivity contribution in [2.45, 2.75) is 20.3 Å². The van der Waals surface area contributed by atoms with Gasteiger partial charge >= 0.3 is 5.97 Å². The summed E-state index contributed by atoms with van der Waals surface area (Å²) in [7, 11) is 0. The van der Waals surface area contributed by atoms with Crippen LogP contribution < -0.4 is 5.32 Å². The van der Waals surface area contributed by atoms with Crippen molar-refractivity contribution in [3.05, 3.63) is 20.8 Å². The van der Waals surface area contributed by atoms with Crippen molar-refractivity contribution in [1.82, 2.24) is 5.32 Å². The number of thiophene rings is 1. The largest absolute Gasteiger partial charge is 0.481 e. The molecule has 100 valence electrons. The third kappa shape index (κ3) is 4.78. The van der Waals surface area contributed by atoms with Crippen LogP contribution in [0.3, 0.4) is 0 Å². The summed E-state index contributed by atoms with van der Waals surface area (Å²) in [4.78, 5) is 23.4. The molecule has 1 atom stereocenters. The first-order valence-corrected chi connectivity index (χ1v) is 7.32. The van der Waals surface area contributed by atoms with Crippen LogP contribution in [0.15, 0.2) is 15.9 Å². The molecule has 1 heterocycles. The molecule has 0 spiro atoms. The molecule has 0 saturated heterocycles. The number of carboxylic acids is 1. The topological polar surface area (TPSA) is 66.4 Å². The third-order valence-electron chi connectivity index (χ3n) is 2.41. The summed E-state index contributed by atoms with van der Waals surface area (Å²) < 4.78 is 0.856. The van der Waals surface area contributed by atoms with Gasteiger partial charge < -0.3 is 10.4 Å². The minimum Gasteiger partial charge on any atom is -0.481 e. The Hall–Kier alpha value is -0.880. The highest BCUT2D eigenvalue weighted by Gasteiger charge is 2.20. The van der Waals surface area contributed by atoms with E-state index in [-0.39, 0.29) is 12.5 Å². The monoisotopic (exact) mass is 333 g/mol. The predicted octanol–water partition coefficient (Wildman–Crippen LogP) is 2.99. The fourth-order valence-corrected chi connectivity index (χ4v) is 2.92. The van der Waals surface area contributed by atoms with Gasteiger partial charge in [-0.05, 0) is 34.3 Å². The van der Waals surface area contributed by atoms with Crippen LogP contribution in [0, 0.1) is 11.8 Å². The number of carbonyl (C=O) groups is 2. The summed E-state index contributed by atoms with van der Waals surface area (Å²) >= 11 is 4.60. The minimum atomic E-state index is -0.864. The first kappa shape index (κ1) is 15.2. The number of halogens is 1. The van der Waals surface area contributed by atoms with Crippen molar-refractivity contribution in [2.24, 2.45) is 11.8 Å². The van der Waals surface area contributed by atoms with Gasteiger partial charge in [0.25, 0.3) is 5.91 Å². The van der Waals surface area contributed by atoms with Gasteiger partial charge in [-0.3, -0.25) is 9.59 Å². The number of hydrogen-bond donors (Lipinski definition) is 2. The summed E-state index contributed by atoms with van der Waals surface area (Å²) in [6, 6.07) is 1.72. The second kappa shape index (κ2) is 6.89. The highest BCUT2D eigenvalue weighted by atomic mass is 79.9. The van der Waals surface area contributed by atoms with Gasteiger partial charge in [-0.15, -0.1) is 11.3 Å². The van der Waals surface area contributed by atoms with Gasteiger partial charge in [-0.1, -0.05) is 13.8 Å². The Bertz CT molecular complexity index is 431. The van der Waals surface area contributed by atoms with Crippen LogP contribution in [0.4, 0.5) is 0 Å². The molecule has 0 aliphatic heterocycles. The molecule has 1 amide bonds. The van der Waals surface area contributed by atoms with Crippen molar-refractivity contribution in [3.8, 4) is 0 Å². The zero-order chi connectivity index (χ0) is 13.7. The van der Waals surface area contributed by atoms with Crippen LogP contribution in [0.1, 0.15) is 29.9 Å². The van der Waals surface area contributed by atoms with Gasteiger partial charge in [0.1, 0.15) is 0 Å². The third-order valence-corrected chi connectivity index (χ3v) is 4.10. The van der Waals surface area contributed by atoms with Gasteiger partial charge in [0.15, 0.2) is 0 Å². The maximum Gasteiger partial charge on any atom is 0.308 e. The fourth-order valence-electron chi connectivity index (χ4n) is 1.58. The molecule has 18 heavy (non-hydrogen) atoms. The lowest BCUT2D eigenvalue weighted by Gasteiger charge is -2.14. The lowest BCUT2D eigenvalue weighted by atomic mass is 9.97. The highest BCUT2D eigenvalue weighted by Crippen LogP contribution is 2.19. The molecular formula is C12H16BrNO3S. The molecule has 6 heteroatoms. The van der Waals surface area contributed by atoms with Crippen molar-refractivity contribution in [3.63, 3.8) is 0 Å². The number of aliphatic carboxylic acids is 1. The summed E-state index contributed by atoms with van der Waals surface area (Å²) in [6.07, 6.45) is 0.559. The van der Waals surface area contributed by atoms with Crippen LogP contribution in [-0.2, 0) is 4.79 Å². The predicted molar refractivity (Wildman–Crippen MR) is 74.9 cm³/mol. The molecular weight excluding hydrogens is 318 g/mol. The Morgan fingerprint density at radius 3 is 2.61 bits per heavy atom. The van der Waals surface area contributed by atoms with Crippen molar-refractivity contribution < 1.29 is 14.7 Å². The average Bonchev–Trinajstić information content (AvgIpc) is 2.69. The maximum absolute atomic E-state index is 11.8. The fraction of sp³-hybridized carbons (Fsp3) is 0.500. The minimum absolute atomic E-state index is 0.169. The van der Waals surface area contributed by atoms with Gasteiger partial charge in [0.2, 0.25) is 0 Å². The van der Waals surface area contributed by atoms with E-state index in [2.05, 4.69) is 21.2 Å². The number of rotatable bonds is 6. The first-order chi connectivity index (χ1) is 8.40. The van der Waals surface area contributed by atoms with Crippen molar-refractivity contribution >= 4 is 39.1 Å². The molecule has 0 bridgehead atoms. The second-order valence-corrected chi connectivity index (χ2v) is 6.33. The Balaban J connectivity index is 2.52. The van der Waals surface area contributed by atoms with E-state index in [1.54, 1.807) is 6.07 Å². The van der Waals surface area contributed by atoms with Gasteiger partial charge in [-0.25, -0.2) is 0 Å². The SMILES string of the molecule is CC(C)CC(CNC(=O)c1cc(Br)cs1)C(=O)O. The van der Waals surface area contributed by atoms with Crippen LogP contribution >= 0.6 is 27.3 Å². The van der Waals surface area contributed by atoms with E-state index >= 15 is 0 Å². The van der Waals surface area contributed by atoms with Gasteiger partial charge in [0.05, 0.1) is 10.8 Å². The van der Waals surface area contributed by atoms with E-state index in [1.165, 1.54) is 11.3 Å². The number of hydrogen-bond acceptors (Lipinski definition) is 3. The molecule has 1 aromatic heterocycles. The highest BCUT2D eigenvalue weighted by molar-refractivity contribution is 9.10. The zero-order valence-corrected chi connectivity index (χ0v) is 12.7. The van der Waals surface area contributed by atoms with E-state index in [1.807, 2.05) is 19.2 Å². The maximum atomic E-state index is 11.8. The summed E-state index contributed by atoms with van der Waals surface area (Å²) in [5.41, 5.74) is 0. The lowest BCUT2D eigenvalue weighted by molar-refractivity contribution is -0.142. The summed E-state index contributed by atoms with van der Waals surface area (Å²) in [6.45, 7) is 4.10. The molecule has 0 aliphatic rings. The molecule has 0 aromatic carbocycles. The number of carboxylic acid groups (broad SMARTS) is 1. The zero-order valence-electron chi connectivity index (χ0n) is 10.3. The molecule has 0 radical (unpaired) electrons. The van der Waals surface area contributed by atoms with E-state index < -0.39 is 11.9 Å². The normalized spacial score (nSPS) is 12.4. The Labute approximate surface area is 119 Å². The van der Waals surface area contributed by atoms with Crippen LogP contribution in [0.2, 0.25) is 0 Å². The number of carbonyl (C=O) groups excluding carboxylic acids is 1. The number of nitrogens with one attached hydrogen (secondary N) is 1. The van der Waals surface area contributed by atoms with Crippen LogP contribution in [0.5, 0.6) is 0 Å². The van der Waals surface area contributed by atoms with E-state index in [0.29, 0.717) is 17.2 Å². The standard InChI is InChI=1S/C12H16BrNO3S/c1-7(2)3-8(12(16)17)5-14-11(15)10-4-9(13)6-18-10/h4,6-8H,3,5H2,1-2H3,(H,14,15)(H,16,17).